The van der Waals surface area contributed by atoms with Gasteiger partial charge in [0, 0.05) is 17.1 Å². The van der Waals surface area contributed by atoms with Crippen molar-refractivity contribution in [1.29, 1.82) is 0 Å². The van der Waals surface area contributed by atoms with Crippen molar-refractivity contribution in [2.24, 2.45) is 4.99 Å². The highest BCUT2D eigenvalue weighted by molar-refractivity contribution is 14.0. The number of halogens is 2. The molecule has 0 atom stereocenters. The largest absolute Gasteiger partial charge is 0.357 e. The molecule has 7 heteroatoms. The Morgan fingerprint density at radius 1 is 1.17 bits per heavy atom. The lowest BCUT2D eigenvalue weighted by Crippen LogP contribution is -2.48. The van der Waals surface area contributed by atoms with Gasteiger partial charge >= 0.3 is 0 Å². The van der Waals surface area contributed by atoms with Crippen molar-refractivity contribution in [1.82, 2.24) is 16.0 Å². The van der Waals surface area contributed by atoms with E-state index >= 15 is 0 Å². The van der Waals surface area contributed by atoms with Gasteiger partial charge in [0.05, 0.1) is 13.1 Å². The summed E-state index contributed by atoms with van der Waals surface area (Å²) in [7, 11) is 0. The van der Waals surface area contributed by atoms with Crippen molar-refractivity contribution in [3.63, 3.8) is 0 Å². The number of carbonyl (C=O) groups excluding carboxylic acids is 1. The minimum Gasteiger partial charge on any atom is -0.357 e. The summed E-state index contributed by atoms with van der Waals surface area (Å²) >= 11 is 5.86. The first-order valence-electron chi connectivity index (χ1n) is 7.38. The van der Waals surface area contributed by atoms with Crippen molar-refractivity contribution in [3.05, 3.63) is 34.9 Å². The molecule has 0 fully saturated rings. The van der Waals surface area contributed by atoms with Crippen LogP contribution in [-0.2, 0) is 11.3 Å². The summed E-state index contributed by atoms with van der Waals surface area (Å²) in [4.78, 5) is 16.3. The van der Waals surface area contributed by atoms with Gasteiger partial charge in [-0.15, -0.1) is 24.0 Å². The Labute approximate surface area is 160 Å². The van der Waals surface area contributed by atoms with Gasteiger partial charge in [0.1, 0.15) is 0 Å². The summed E-state index contributed by atoms with van der Waals surface area (Å²) in [6, 6.07) is 7.54. The van der Waals surface area contributed by atoms with Crippen LogP contribution in [0.4, 0.5) is 0 Å². The smallest absolute Gasteiger partial charge is 0.239 e. The Morgan fingerprint density at radius 2 is 1.78 bits per heavy atom. The second-order valence-corrected chi connectivity index (χ2v) is 6.41. The van der Waals surface area contributed by atoms with E-state index in [4.69, 9.17) is 11.6 Å². The van der Waals surface area contributed by atoms with E-state index in [2.05, 4.69) is 20.9 Å². The number of benzene rings is 1. The molecular weight excluding hydrogens is 427 g/mol. The Balaban J connectivity index is 0.00000484. The predicted molar refractivity (Wildman–Crippen MR) is 108 cm³/mol. The third kappa shape index (κ3) is 10.4. The van der Waals surface area contributed by atoms with E-state index in [9.17, 15) is 4.79 Å². The van der Waals surface area contributed by atoms with Crippen LogP contribution in [0, 0.1) is 0 Å². The van der Waals surface area contributed by atoms with Gasteiger partial charge in [-0.2, -0.15) is 0 Å². The van der Waals surface area contributed by atoms with Crippen LogP contribution < -0.4 is 16.0 Å². The molecule has 0 radical (unpaired) electrons. The number of amides is 1. The molecule has 0 aromatic heterocycles. The summed E-state index contributed by atoms with van der Waals surface area (Å²) < 4.78 is 0. The quantitative estimate of drug-likeness (QED) is 0.366. The number of hydrogen-bond acceptors (Lipinski definition) is 2. The van der Waals surface area contributed by atoms with Crippen LogP contribution in [0.15, 0.2) is 29.3 Å². The molecule has 0 saturated carbocycles. The summed E-state index contributed by atoms with van der Waals surface area (Å²) in [6.45, 7) is 9.26. The van der Waals surface area contributed by atoms with Crippen molar-refractivity contribution in [2.75, 3.05) is 13.1 Å². The van der Waals surface area contributed by atoms with Crippen molar-refractivity contribution in [3.8, 4) is 0 Å². The highest BCUT2D eigenvalue weighted by Gasteiger charge is 2.13. The molecule has 1 aromatic rings. The Hall–Kier alpha value is -1.02. The van der Waals surface area contributed by atoms with E-state index in [0.29, 0.717) is 17.5 Å². The van der Waals surface area contributed by atoms with Crippen LogP contribution in [-0.4, -0.2) is 30.5 Å². The molecule has 130 valence electrons. The Morgan fingerprint density at radius 3 is 2.30 bits per heavy atom. The zero-order valence-corrected chi connectivity index (χ0v) is 17.2. The number of hydrogen-bond donors (Lipinski definition) is 3. The van der Waals surface area contributed by atoms with Crippen LogP contribution >= 0.6 is 35.6 Å². The van der Waals surface area contributed by atoms with Gasteiger partial charge < -0.3 is 16.0 Å². The average molecular weight is 453 g/mol. The number of carbonyl (C=O) groups is 1. The van der Waals surface area contributed by atoms with E-state index in [1.54, 1.807) is 0 Å². The van der Waals surface area contributed by atoms with Gasteiger partial charge in [-0.3, -0.25) is 4.79 Å². The van der Waals surface area contributed by atoms with E-state index < -0.39 is 0 Å². The third-order valence-electron chi connectivity index (χ3n) is 2.61. The molecule has 23 heavy (non-hydrogen) atoms. The van der Waals surface area contributed by atoms with Gasteiger partial charge in [0.2, 0.25) is 5.91 Å². The first-order chi connectivity index (χ1) is 10.3. The van der Waals surface area contributed by atoms with Crippen LogP contribution in [0.5, 0.6) is 0 Å². The normalized spacial score (nSPS) is 11.4. The maximum Gasteiger partial charge on any atom is 0.239 e. The molecule has 1 rings (SSSR count). The molecule has 0 aliphatic carbocycles. The van der Waals surface area contributed by atoms with Crippen molar-refractivity contribution < 1.29 is 4.79 Å². The lowest BCUT2D eigenvalue weighted by molar-refractivity contribution is -0.121. The molecule has 0 bridgehead atoms. The fourth-order valence-corrected chi connectivity index (χ4v) is 1.85. The molecule has 0 heterocycles. The molecule has 5 nitrogen and oxygen atoms in total. The van der Waals surface area contributed by atoms with Gasteiger partial charge in [0.15, 0.2) is 5.96 Å². The van der Waals surface area contributed by atoms with Crippen molar-refractivity contribution >= 4 is 47.4 Å². The van der Waals surface area contributed by atoms with E-state index in [-0.39, 0.29) is 42.0 Å². The highest BCUT2D eigenvalue weighted by Crippen LogP contribution is 2.10. The molecular formula is C16H26ClIN4O. The average Bonchev–Trinajstić information content (AvgIpc) is 2.42. The summed E-state index contributed by atoms with van der Waals surface area (Å²) in [5.74, 6) is 0.547. The molecule has 0 saturated heterocycles. The summed E-state index contributed by atoms with van der Waals surface area (Å²) in [6.07, 6.45) is 0. The fourth-order valence-electron chi connectivity index (χ4n) is 1.73. The second-order valence-electron chi connectivity index (χ2n) is 5.97. The maximum atomic E-state index is 11.8. The monoisotopic (exact) mass is 452 g/mol. The SMILES string of the molecule is CCNC(=NCc1ccc(Cl)cc1)NCC(=O)NC(C)(C)C.I. The topological polar surface area (TPSA) is 65.5 Å². The lowest BCUT2D eigenvalue weighted by atomic mass is 10.1. The van der Waals surface area contributed by atoms with E-state index in [1.807, 2.05) is 52.0 Å². The zero-order valence-electron chi connectivity index (χ0n) is 14.1. The summed E-state index contributed by atoms with van der Waals surface area (Å²) in [5.41, 5.74) is 0.818. The molecule has 0 aliphatic heterocycles. The fraction of sp³-hybridized carbons (Fsp3) is 0.500. The maximum absolute atomic E-state index is 11.8. The van der Waals surface area contributed by atoms with Crippen LogP contribution in [0.3, 0.4) is 0 Å². The predicted octanol–water partition coefficient (Wildman–Crippen LogP) is 2.93. The first-order valence-corrected chi connectivity index (χ1v) is 7.75. The number of nitrogens with zero attached hydrogens (tertiary/aromatic N) is 1. The van der Waals surface area contributed by atoms with Gasteiger partial charge in [-0.1, -0.05) is 23.7 Å². The highest BCUT2D eigenvalue weighted by atomic mass is 127. The Bertz CT molecular complexity index is 512. The van der Waals surface area contributed by atoms with Gasteiger partial charge in [0.25, 0.3) is 0 Å². The van der Waals surface area contributed by atoms with Gasteiger partial charge in [-0.25, -0.2) is 4.99 Å². The molecule has 0 aliphatic rings. The lowest BCUT2D eigenvalue weighted by Gasteiger charge is -2.21. The van der Waals surface area contributed by atoms with Gasteiger partial charge in [-0.05, 0) is 45.4 Å². The minimum absolute atomic E-state index is 0. The van der Waals surface area contributed by atoms with E-state index in [0.717, 1.165) is 12.1 Å². The number of rotatable bonds is 5. The van der Waals surface area contributed by atoms with Crippen LogP contribution in [0.25, 0.3) is 0 Å². The number of aliphatic imine (C=N–C) groups is 1. The first kappa shape index (κ1) is 22.0. The van der Waals surface area contributed by atoms with Crippen molar-refractivity contribution in [2.45, 2.75) is 39.8 Å². The standard InChI is InChI=1S/C16H25ClN4O.HI/c1-5-18-15(20-11-14(22)21-16(2,3)4)19-10-12-6-8-13(17)9-7-12;/h6-9H,5,10-11H2,1-4H3,(H,21,22)(H2,18,19,20);1H. The zero-order chi connectivity index (χ0) is 16.6. The summed E-state index contributed by atoms with van der Waals surface area (Å²) in [5, 5.41) is 9.74. The number of nitrogens with one attached hydrogen (secondary N) is 3. The molecule has 1 aromatic carbocycles. The van der Waals surface area contributed by atoms with E-state index in [1.165, 1.54) is 0 Å². The minimum atomic E-state index is -0.239. The molecule has 3 N–H and O–H groups in total. The molecule has 0 unspecified atom stereocenters. The van der Waals surface area contributed by atoms with Crippen LogP contribution in [0.2, 0.25) is 5.02 Å². The number of guanidine groups is 1. The van der Waals surface area contributed by atoms with Crippen LogP contribution in [0.1, 0.15) is 33.3 Å². The second kappa shape index (κ2) is 10.7. The molecule has 0 spiro atoms. The third-order valence-corrected chi connectivity index (χ3v) is 2.86. The Kier molecular flexibility index (Phi) is 10.2. The molecule has 1 amide bonds.